The van der Waals surface area contributed by atoms with Crippen LogP contribution in [0.2, 0.25) is 5.02 Å². The number of aromatic nitrogens is 5. The zero-order valence-corrected chi connectivity index (χ0v) is 19.3. The molecule has 1 N–H and O–H groups in total. The number of benzene rings is 2. The third-order valence-electron chi connectivity index (χ3n) is 5.60. The molecular formula is C25H18ClF3N6O. The van der Waals surface area contributed by atoms with E-state index in [0.29, 0.717) is 24.1 Å². The van der Waals surface area contributed by atoms with Crippen molar-refractivity contribution in [1.82, 2.24) is 24.3 Å². The minimum Gasteiger partial charge on any atom is -0.329 e. The SMILES string of the molecule is O=C(Nc1ccc(C(F)(F)F)cc1)c1cnc2c(cnn2Cc2nccn2Cc2ccccc2)c1Cl. The van der Waals surface area contributed by atoms with Gasteiger partial charge in [-0.2, -0.15) is 18.3 Å². The van der Waals surface area contributed by atoms with E-state index in [0.717, 1.165) is 23.5 Å². The first kappa shape index (κ1) is 23.6. The van der Waals surface area contributed by atoms with Gasteiger partial charge in [0.25, 0.3) is 5.91 Å². The lowest BCUT2D eigenvalue weighted by Gasteiger charge is -2.10. The van der Waals surface area contributed by atoms with E-state index in [1.54, 1.807) is 10.9 Å². The molecule has 0 saturated heterocycles. The molecule has 0 fully saturated rings. The van der Waals surface area contributed by atoms with Gasteiger partial charge in [-0.05, 0) is 29.8 Å². The van der Waals surface area contributed by atoms with Crippen LogP contribution in [0.3, 0.4) is 0 Å². The number of halogens is 4. The number of nitrogens with one attached hydrogen (secondary N) is 1. The lowest BCUT2D eigenvalue weighted by molar-refractivity contribution is -0.137. The molecule has 0 bridgehead atoms. The fourth-order valence-electron chi connectivity index (χ4n) is 3.76. The molecule has 0 atom stereocenters. The molecule has 0 aliphatic carbocycles. The average molecular weight is 511 g/mol. The number of pyridine rings is 1. The van der Waals surface area contributed by atoms with E-state index in [-0.39, 0.29) is 16.3 Å². The summed E-state index contributed by atoms with van der Waals surface area (Å²) in [6, 6.07) is 14.1. The summed E-state index contributed by atoms with van der Waals surface area (Å²) < 4.78 is 41.9. The molecule has 11 heteroatoms. The molecule has 0 aliphatic rings. The first-order valence-electron chi connectivity index (χ1n) is 10.8. The summed E-state index contributed by atoms with van der Waals surface area (Å²) in [5, 5.41) is 7.53. The Morgan fingerprint density at radius 2 is 1.72 bits per heavy atom. The normalized spacial score (nSPS) is 11.7. The Hall–Kier alpha value is -4.18. The third-order valence-corrected chi connectivity index (χ3v) is 6.01. The number of hydrogen-bond acceptors (Lipinski definition) is 4. The highest BCUT2D eigenvalue weighted by molar-refractivity contribution is 6.38. The number of amides is 1. The topological polar surface area (TPSA) is 77.6 Å². The minimum atomic E-state index is -4.46. The van der Waals surface area contributed by atoms with Crippen molar-refractivity contribution in [2.75, 3.05) is 5.32 Å². The average Bonchev–Trinajstić information content (AvgIpc) is 3.47. The monoisotopic (exact) mass is 510 g/mol. The Morgan fingerprint density at radius 3 is 2.44 bits per heavy atom. The van der Waals surface area contributed by atoms with Gasteiger partial charge in [0.1, 0.15) is 12.4 Å². The maximum Gasteiger partial charge on any atom is 0.416 e. The number of imidazole rings is 1. The van der Waals surface area contributed by atoms with E-state index in [1.807, 2.05) is 41.1 Å². The quantitative estimate of drug-likeness (QED) is 0.320. The standard InChI is InChI=1S/C25H18ClF3N6O/c26-22-19-13-32-35(15-21-30-10-11-34(21)14-16-4-2-1-3-5-16)23(19)31-12-20(22)24(36)33-18-8-6-17(7-9-18)25(27,28)29/h1-13H,14-15H2,(H,33,36). The van der Waals surface area contributed by atoms with Gasteiger partial charge in [0, 0.05) is 30.8 Å². The summed E-state index contributed by atoms with van der Waals surface area (Å²) in [7, 11) is 0. The van der Waals surface area contributed by atoms with E-state index in [1.165, 1.54) is 24.5 Å². The Kier molecular flexibility index (Phi) is 6.19. The largest absolute Gasteiger partial charge is 0.416 e. The van der Waals surface area contributed by atoms with E-state index >= 15 is 0 Å². The van der Waals surface area contributed by atoms with E-state index < -0.39 is 17.6 Å². The number of nitrogens with zero attached hydrogens (tertiary/aromatic N) is 5. The summed E-state index contributed by atoms with van der Waals surface area (Å²) in [6.07, 6.45) is 1.98. The summed E-state index contributed by atoms with van der Waals surface area (Å²) >= 11 is 6.50. The van der Waals surface area contributed by atoms with Crippen molar-refractivity contribution in [1.29, 1.82) is 0 Å². The third kappa shape index (κ3) is 4.80. The summed E-state index contributed by atoms with van der Waals surface area (Å²) in [6.45, 7) is 0.988. The smallest absolute Gasteiger partial charge is 0.329 e. The molecule has 1 amide bonds. The Labute approximate surface area is 208 Å². The fourth-order valence-corrected chi connectivity index (χ4v) is 4.03. The van der Waals surface area contributed by atoms with Crippen LogP contribution in [0.4, 0.5) is 18.9 Å². The number of fused-ring (bicyclic) bond motifs is 1. The number of carbonyl (C=O) groups is 1. The van der Waals surface area contributed by atoms with E-state index in [4.69, 9.17) is 11.6 Å². The van der Waals surface area contributed by atoms with E-state index in [9.17, 15) is 18.0 Å². The van der Waals surface area contributed by atoms with Crippen LogP contribution in [-0.4, -0.2) is 30.2 Å². The van der Waals surface area contributed by atoms with Crippen LogP contribution in [0.5, 0.6) is 0 Å². The molecule has 182 valence electrons. The van der Waals surface area contributed by atoms with Crippen molar-refractivity contribution in [3.63, 3.8) is 0 Å². The zero-order chi connectivity index (χ0) is 25.3. The highest BCUT2D eigenvalue weighted by Gasteiger charge is 2.30. The van der Waals surface area contributed by atoms with Gasteiger partial charge in [-0.1, -0.05) is 41.9 Å². The van der Waals surface area contributed by atoms with Crippen LogP contribution < -0.4 is 5.32 Å². The molecule has 0 saturated carbocycles. The summed E-state index contributed by atoms with van der Waals surface area (Å²) in [5.74, 6) is 0.172. The van der Waals surface area contributed by atoms with Crippen LogP contribution in [0.25, 0.3) is 11.0 Å². The molecule has 0 aliphatic heterocycles. The van der Waals surface area contributed by atoms with Crippen molar-refractivity contribution >= 4 is 34.2 Å². The second-order valence-corrected chi connectivity index (χ2v) is 8.39. The molecule has 3 aromatic heterocycles. The molecular weight excluding hydrogens is 493 g/mol. The first-order chi connectivity index (χ1) is 17.3. The van der Waals surface area contributed by atoms with Gasteiger partial charge in [0.2, 0.25) is 0 Å². The maximum absolute atomic E-state index is 12.8. The number of hydrogen-bond donors (Lipinski definition) is 1. The minimum absolute atomic E-state index is 0.0780. The Balaban J connectivity index is 1.35. The lowest BCUT2D eigenvalue weighted by Crippen LogP contribution is -2.14. The van der Waals surface area contributed by atoms with Gasteiger partial charge in [-0.3, -0.25) is 4.79 Å². The van der Waals surface area contributed by atoms with Gasteiger partial charge in [-0.25, -0.2) is 14.6 Å². The molecule has 3 heterocycles. The van der Waals surface area contributed by atoms with Crippen molar-refractivity contribution in [2.24, 2.45) is 0 Å². The highest BCUT2D eigenvalue weighted by atomic mass is 35.5. The van der Waals surface area contributed by atoms with Gasteiger partial charge in [-0.15, -0.1) is 0 Å². The Morgan fingerprint density at radius 1 is 0.972 bits per heavy atom. The number of rotatable bonds is 6. The number of alkyl halides is 3. The zero-order valence-electron chi connectivity index (χ0n) is 18.6. The van der Waals surface area contributed by atoms with Crippen LogP contribution in [0.15, 0.2) is 79.4 Å². The van der Waals surface area contributed by atoms with Crippen molar-refractivity contribution in [3.8, 4) is 0 Å². The highest BCUT2D eigenvalue weighted by Crippen LogP contribution is 2.30. The fraction of sp³-hybridized carbons (Fsp3) is 0.120. The second kappa shape index (κ2) is 9.46. The van der Waals surface area contributed by atoms with Crippen molar-refractivity contribution in [2.45, 2.75) is 19.3 Å². The van der Waals surface area contributed by atoms with Crippen LogP contribution in [-0.2, 0) is 19.3 Å². The van der Waals surface area contributed by atoms with Gasteiger partial charge in [0.15, 0.2) is 5.65 Å². The van der Waals surface area contributed by atoms with Gasteiger partial charge < -0.3 is 9.88 Å². The first-order valence-corrected chi connectivity index (χ1v) is 11.2. The molecule has 5 rings (SSSR count). The lowest BCUT2D eigenvalue weighted by atomic mass is 10.2. The summed E-state index contributed by atoms with van der Waals surface area (Å²) in [5.41, 5.74) is 1.07. The van der Waals surface area contributed by atoms with Crippen molar-refractivity contribution < 1.29 is 18.0 Å². The van der Waals surface area contributed by atoms with Gasteiger partial charge in [0.05, 0.1) is 27.7 Å². The summed E-state index contributed by atoms with van der Waals surface area (Å²) in [4.78, 5) is 21.6. The second-order valence-electron chi connectivity index (χ2n) is 8.01. The molecule has 2 aromatic carbocycles. The molecule has 0 unspecified atom stereocenters. The molecule has 0 spiro atoms. The molecule has 36 heavy (non-hydrogen) atoms. The predicted octanol–water partition coefficient (Wildman–Crippen LogP) is 5.65. The predicted molar refractivity (Wildman–Crippen MR) is 129 cm³/mol. The number of carbonyl (C=O) groups excluding carboxylic acids is 1. The maximum atomic E-state index is 12.8. The van der Waals surface area contributed by atoms with E-state index in [2.05, 4.69) is 20.4 Å². The molecule has 7 nitrogen and oxygen atoms in total. The number of anilines is 1. The van der Waals surface area contributed by atoms with Crippen LogP contribution in [0.1, 0.15) is 27.3 Å². The molecule has 0 radical (unpaired) electrons. The molecule has 5 aromatic rings. The van der Waals surface area contributed by atoms with Crippen LogP contribution in [0, 0.1) is 0 Å². The van der Waals surface area contributed by atoms with Crippen LogP contribution >= 0.6 is 11.6 Å². The Bertz CT molecular complexity index is 1530. The van der Waals surface area contributed by atoms with Gasteiger partial charge >= 0.3 is 6.18 Å². The van der Waals surface area contributed by atoms with Crippen molar-refractivity contribution in [3.05, 3.63) is 107 Å².